The van der Waals surface area contributed by atoms with Gasteiger partial charge in [-0.2, -0.15) is 5.10 Å². The van der Waals surface area contributed by atoms with Crippen molar-refractivity contribution in [3.05, 3.63) is 77.1 Å². The second kappa shape index (κ2) is 12.5. The lowest BCUT2D eigenvalue weighted by molar-refractivity contribution is -0.135. The van der Waals surface area contributed by atoms with Crippen LogP contribution < -0.4 is 9.47 Å². The number of aromatic nitrogens is 4. The fourth-order valence-electron chi connectivity index (χ4n) is 5.10. The number of hydrogen-bond acceptors (Lipinski definition) is 6. The maximum atomic E-state index is 13.5. The number of rotatable bonds is 10. The minimum atomic E-state index is -0.0198. The van der Waals surface area contributed by atoms with Gasteiger partial charge in [-0.15, -0.1) is 0 Å². The first kappa shape index (κ1) is 27.6. The highest BCUT2D eigenvalue weighted by Crippen LogP contribution is 2.31. The van der Waals surface area contributed by atoms with E-state index in [1.807, 2.05) is 65.0 Å². The van der Waals surface area contributed by atoms with Crippen LogP contribution in [-0.4, -0.2) is 56.9 Å². The van der Waals surface area contributed by atoms with Crippen LogP contribution in [0.3, 0.4) is 0 Å². The van der Waals surface area contributed by atoms with Gasteiger partial charge in [0.15, 0.2) is 18.3 Å². The third-order valence-corrected chi connectivity index (χ3v) is 7.79. The number of halogens is 1. The van der Waals surface area contributed by atoms with Crippen molar-refractivity contribution in [3.8, 4) is 34.3 Å². The van der Waals surface area contributed by atoms with Gasteiger partial charge in [-0.05, 0) is 80.3 Å². The Morgan fingerprint density at radius 2 is 1.80 bits per heavy atom. The molecule has 2 heterocycles. The number of methoxy groups -OCH3 is 1. The Balaban J connectivity index is 1.39. The lowest BCUT2D eigenvalue weighted by Crippen LogP contribution is -2.43. The third kappa shape index (κ3) is 6.28. The molecule has 0 radical (unpaired) electrons. The Morgan fingerprint density at radius 1 is 1.02 bits per heavy atom. The van der Waals surface area contributed by atoms with Gasteiger partial charge in [0.25, 0.3) is 5.91 Å². The molecule has 1 aliphatic carbocycles. The molecule has 1 aliphatic rings. The van der Waals surface area contributed by atoms with Gasteiger partial charge < -0.3 is 14.4 Å². The minimum absolute atomic E-state index is 0.000428. The van der Waals surface area contributed by atoms with E-state index in [9.17, 15) is 4.79 Å². The van der Waals surface area contributed by atoms with E-state index < -0.39 is 0 Å². The molecule has 0 bridgehead atoms. The number of amides is 1. The van der Waals surface area contributed by atoms with Crippen molar-refractivity contribution in [1.29, 1.82) is 0 Å². The van der Waals surface area contributed by atoms with Crippen LogP contribution in [0.1, 0.15) is 36.8 Å². The smallest absolute Gasteiger partial charge is 0.260 e. The molecule has 208 valence electrons. The molecule has 4 aromatic rings. The van der Waals surface area contributed by atoms with Crippen LogP contribution in [0.2, 0.25) is 5.02 Å². The number of ether oxygens (including phenoxy) is 2. The molecule has 0 spiro atoms. The van der Waals surface area contributed by atoms with Crippen molar-refractivity contribution in [2.24, 2.45) is 0 Å². The van der Waals surface area contributed by atoms with E-state index in [4.69, 9.17) is 31.2 Å². The highest BCUT2D eigenvalue weighted by molar-refractivity contribution is 6.32. The highest BCUT2D eigenvalue weighted by atomic mass is 35.5. The fraction of sp³-hybridized carbons (Fsp3) is 0.355. The number of benzene rings is 2. The van der Waals surface area contributed by atoms with Crippen molar-refractivity contribution in [3.63, 3.8) is 0 Å². The monoisotopic (exact) mass is 559 g/mol. The van der Waals surface area contributed by atoms with Crippen LogP contribution in [0.5, 0.6) is 11.5 Å². The molecule has 2 aromatic heterocycles. The van der Waals surface area contributed by atoms with Crippen LogP contribution >= 0.6 is 11.6 Å². The van der Waals surface area contributed by atoms with Gasteiger partial charge in [-0.25, -0.2) is 9.67 Å². The van der Waals surface area contributed by atoms with Crippen LogP contribution in [0, 0.1) is 13.8 Å². The lowest BCUT2D eigenvalue weighted by atomic mass is 10.1. The van der Waals surface area contributed by atoms with Crippen molar-refractivity contribution >= 4 is 17.5 Å². The molecule has 0 saturated heterocycles. The highest BCUT2D eigenvalue weighted by Gasteiger charge is 2.27. The van der Waals surface area contributed by atoms with Gasteiger partial charge in [0.05, 0.1) is 18.7 Å². The predicted octanol–water partition coefficient (Wildman–Crippen LogP) is 6.14. The average molecular weight is 560 g/mol. The molecule has 1 saturated carbocycles. The summed E-state index contributed by atoms with van der Waals surface area (Å²) in [4.78, 5) is 24.4. The second-order valence-corrected chi connectivity index (χ2v) is 10.5. The van der Waals surface area contributed by atoms with E-state index in [0.29, 0.717) is 41.3 Å². The molecule has 1 amide bonds. The Kier molecular flexibility index (Phi) is 8.65. The summed E-state index contributed by atoms with van der Waals surface area (Å²) in [6.07, 6.45) is 7.67. The largest absolute Gasteiger partial charge is 0.495 e. The molecule has 0 N–H and O–H groups in total. The zero-order valence-corrected chi connectivity index (χ0v) is 23.9. The quantitative estimate of drug-likeness (QED) is 0.232. The average Bonchev–Trinajstić information content (AvgIpc) is 3.65. The molecule has 1 fully saturated rings. The predicted molar refractivity (Wildman–Crippen MR) is 156 cm³/mol. The molecule has 8 nitrogen and oxygen atoms in total. The van der Waals surface area contributed by atoms with Crippen LogP contribution in [-0.2, 0) is 11.3 Å². The summed E-state index contributed by atoms with van der Waals surface area (Å²) in [7, 11) is 1.59. The van der Waals surface area contributed by atoms with Crippen molar-refractivity contribution in [2.45, 2.75) is 52.1 Å². The first-order valence-corrected chi connectivity index (χ1v) is 14.0. The Morgan fingerprint density at radius 3 is 2.50 bits per heavy atom. The van der Waals surface area contributed by atoms with Crippen molar-refractivity contribution in [2.75, 3.05) is 20.3 Å². The molecule has 2 aromatic carbocycles. The molecule has 0 aliphatic heterocycles. The molecule has 9 heteroatoms. The normalized spacial score (nSPS) is 13.4. The number of aryl methyl sites for hydroxylation is 2. The summed E-state index contributed by atoms with van der Waals surface area (Å²) in [5, 5.41) is 5.32. The summed E-state index contributed by atoms with van der Waals surface area (Å²) in [6.45, 7) is 5.07. The number of hydrogen-bond donors (Lipinski definition) is 0. The summed E-state index contributed by atoms with van der Waals surface area (Å²) >= 11 is 6.46. The van der Waals surface area contributed by atoms with Crippen LogP contribution in [0.15, 0.2) is 60.9 Å². The topological polar surface area (TPSA) is 82.4 Å². The van der Waals surface area contributed by atoms with Crippen LogP contribution in [0.25, 0.3) is 22.8 Å². The second-order valence-electron chi connectivity index (χ2n) is 10.1. The standard InChI is InChI=1S/C31H34ClN5O3/c1-21-8-10-26(18-22(21)2)40-20-29(38)36(25-6-4-5-7-25)16-17-37-31(24-9-11-28(39-3)27(32)19-24)34-30(35-37)23-12-14-33-15-13-23/h8-15,18-19,25H,4-7,16-17,20H2,1-3H3. The van der Waals surface area contributed by atoms with E-state index in [1.165, 1.54) is 5.56 Å². The molecular weight excluding hydrogens is 526 g/mol. The number of pyridine rings is 1. The fourth-order valence-corrected chi connectivity index (χ4v) is 5.36. The maximum absolute atomic E-state index is 13.5. The Bertz CT molecular complexity index is 1470. The Hall–Kier alpha value is -3.91. The molecular formula is C31H34ClN5O3. The summed E-state index contributed by atoms with van der Waals surface area (Å²) in [5.41, 5.74) is 4.01. The molecule has 0 unspecified atom stereocenters. The van der Waals surface area contributed by atoms with Crippen LogP contribution in [0.4, 0.5) is 0 Å². The lowest BCUT2D eigenvalue weighted by Gasteiger charge is -2.29. The van der Waals surface area contributed by atoms with E-state index in [0.717, 1.165) is 42.4 Å². The zero-order chi connectivity index (χ0) is 28.1. The van der Waals surface area contributed by atoms with E-state index in [1.54, 1.807) is 19.5 Å². The molecule has 5 rings (SSSR count). The third-order valence-electron chi connectivity index (χ3n) is 7.50. The summed E-state index contributed by atoms with van der Waals surface area (Å²) < 4.78 is 13.1. The summed E-state index contributed by atoms with van der Waals surface area (Å²) in [6, 6.07) is 15.4. The van der Waals surface area contributed by atoms with Crippen molar-refractivity contribution in [1.82, 2.24) is 24.6 Å². The molecule has 0 atom stereocenters. The van der Waals surface area contributed by atoms with E-state index in [-0.39, 0.29) is 18.6 Å². The van der Waals surface area contributed by atoms with Crippen molar-refractivity contribution < 1.29 is 14.3 Å². The van der Waals surface area contributed by atoms with Gasteiger partial charge in [0, 0.05) is 36.1 Å². The SMILES string of the molecule is COc1ccc(-c2nc(-c3ccncc3)nn2CCN(C(=O)COc2ccc(C)c(C)c2)C2CCCC2)cc1Cl. The Labute approximate surface area is 239 Å². The van der Waals surface area contributed by atoms with Gasteiger partial charge in [0.2, 0.25) is 0 Å². The van der Waals surface area contributed by atoms with E-state index in [2.05, 4.69) is 11.9 Å². The minimum Gasteiger partial charge on any atom is -0.495 e. The number of carbonyl (C=O) groups is 1. The zero-order valence-electron chi connectivity index (χ0n) is 23.1. The maximum Gasteiger partial charge on any atom is 0.260 e. The number of carbonyl (C=O) groups excluding carboxylic acids is 1. The van der Waals surface area contributed by atoms with Gasteiger partial charge in [-0.1, -0.05) is 30.5 Å². The van der Waals surface area contributed by atoms with E-state index >= 15 is 0 Å². The first-order chi connectivity index (χ1) is 19.4. The number of nitrogens with zero attached hydrogens (tertiary/aromatic N) is 5. The van der Waals surface area contributed by atoms with Gasteiger partial charge >= 0.3 is 0 Å². The van der Waals surface area contributed by atoms with Gasteiger partial charge in [0.1, 0.15) is 11.5 Å². The molecule has 40 heavy (non-hydrogen) atoms. The first-order valence-electron chi connectivity index (χ1n) is 13.6. The van der Waals surface area contributed by atoms with Gasteiger partial charge in [-0.3, -0.25) is 9.78 Å². The summed E-state index contributed by atoms with van der Waals surface area (Å²) in [5.74, 6) is 2.53.